The molecular formula is C72H48N2. The molecule has 0 heterocycles. The van der Waals surface area contributed by atoms with Crippen LogP contribution in [-0.2, 0) is 10.8 Å². The molecule has 74 heavy (non-hydrogen) atoms. The topological polar surface area (TPSA) is 6.48 Å². The first-order valence-corrected chi connectivity index (χ1v) is 25.8. The van der Waals surface area contributed by atoms with Gasteiger partial charge in [-0.3, -0.25) is 0 Å². The van der Waals surface area contributed by atoms with Crippen LogP contribution in [0.4, 0.5) is 34.1 Å². The third-order valence-electron chi connectivity index (χ3n) is 16.3. The van der Waals surface area contributed by atoms with Gasteiger partial charge in [-0.1, -0.05) is 231 Å². The smallest absolute Gasteiger partial charge is 0.0746 e. The van der Waals surface area contributed by atoms with Crippen molar-refractivity contribution in [3.8, 4) is 33.4 Å². The third-order valence-corrected chi connectivity index (χ3v) is 16.3. The Hall–Kier alpha value is -9.50. The number of benzene rings is 12. The van der Waals surface area contributed by atoms with Gasteiger partial charge in [-0.25, -0.2) is 0 Å². The molecule has 1 unspecified atom stereocenters. The quantitative estimate of drug-likeness (QED) is 0.150. The van der Waals surface area contributed by atoms with E-state index in [4.69, 9.17) is 0 Å². The number of para-hydroxylation sites is 3. The summed E-state index contributed by atoms with van der Waals surface area (Å²) in [5, 5.41) is 2.47. The average Bonchev–Trinajstić information content (AvgIpc) is 4.16. The zero-order chi connectivity index (χ0) is 48.8. The molecule has 12 aromatic rings. The maximum Gasteiger partial charge on any atom is 0.0746 e. The number of anilines is 6. The van der Waals surface area contributed by atoms with E-state index in [1.54, 1.807) is 0 Å². The van der Waals surface area contributed by atoms with Gasteiger partial charge in [-0.15, -0.1) is 0 Å². The van der Waals surface area contributed by atoms with Crippen molar-refractivity contribution in [3.05, 3.63) is 336 Å². The Balaban J connectivity index is 1.03. The molecule has 0 fully saturated rings. The highest BCUT2D eigenvalue weighted by Gasteiger charge is 2.54. The van der Waals surface area contributed by atoms with Crippen LogP contribution in [0.5, 0.6) is 0 Å². The summed E-state index contributed by atoms with van der Waals surface area (Å²) in [6.45, 7) is 0. The van der Waals surface area contributed by atoms with Crippen molar-refractivity contribution in [2.24, 2.45) is 0 Å². The molecule has 2 nitrogen and oxygen atoms in total. The highest BCUT2D eigenvalue weighted by atomic mass is 15.2. The van der Waals surface area contributed by atoms with Crippen molar-refractivity contribution < 1.29 is 0 Å². The van der Waals surface area contributed by atoms with Crippen LogP contribution in [0.15, 0.2) is 291 Å². The number of rotatable bonds is 8. The SMILES string of the molecule is c1ccc(N(c2ccc3c(c2)-c2ccccc2C32c3ccccc3-c3c2c(N(c2ccccc2)c2ccccc2)cc2ccccc32)c2cccc3c2C(c2ccccc2)(c2ccccc2)c2ccccc2-3)cc1. The summed E-state index contributed by atoms with van der Waals surface area (Å²) in [4.78, 5) is 5.02. The van der Waals surface area contributed by atoms with Gasteiger partial charge in [-0.05, 0) is 138 Å². The molecule has 0 radical (unpaired) electrons. The molecule has 0 aromatic heterocycles. The zero-order valence-corrected chi connectivity index (χ0v) is 40.6. The van der Waals surface area contributed by atoms with E-state index >= 15 is 0 Å². The minimum Gasteiger partial charge on any atom is -0.310 e. The van der Waals surface area contributed by atoms with Gasteiger partial charge >= 0.3 is 0 Å². The van der Waals surface area contributed by atoms with Gasteiger partial charge in [0.05, 0.1) is 22.2 Å². The zero-order valence-electron chi connectivity index (χ0n) is 40.6. The second-order valence-electron chi connectivity index (χ2n) is 19.8. The summed E-state index contributed by atoms with van der Waals surface area (Å²) >= 11 is 0. The number of hydrogen-bond acceptors (Lipinski definition) is 2. The van der Waals surface area contributed by atoms with Gasteiger partial charge in [0.1, 0.15) is 0 Å². The summed E-state index contributed by atoms with van der Waals surface area (Å²) in [6.07, 6.45) is 0. The molecule has 346 valence electrons. The largest absolute Gasteiger partial charge is 0.310 e. The van der Waals surface area contributed by atoms with Crippen LogP contribution in [0.3, 0.4) is 0 Å². The molecule has 0 bridgehead atoms. The maximum atomic E-state index is 2.53. The van der Waals surface area contributed by atoms with Gasteiger partial charge < -0.3 is 9.80 Å². The van der Waals surface area contributed by atoms with Crippen molar-refractivity contribution >= 4 is 44.9 Å². The third kappa shape index (κ3) is 5.82. The molecule has 15 rings (SSSR count). The van der Waals surface area contributed by atoms with E-state index < -0.39 is 10.8 Å². The van der Waals surface area contributed by atoms with Gasteiger partial charge in [0, 0.05) is 33.9 Å². The van der Waals surface area contributed by atoms with E-state index in [0.29, 0.717) is 0 Å². The fourth-order valence-corrected chi connectivity index (χ4v) is 13.6. The first-order valence-electron chi connectivity index (χ1n) is 25.8. The molecule has 1 spiro atoms. The summed E-state index contributed by atoms with van der Waals surface area (Å²) in [5.74, 6) is 0. The second kappa shape index (κ2) is 16.5. The summed E-state index contributed by atoms with van der Waals surface area (Å²) in [7, 11) is 0. The Morgan fingerprint density at radius 1 is 0.243 bits per heavy atom. The Morgan fingerprint density at radius 2 is 0.676 bits per heavy atom. The number of nitrogens with zero attached hydrogens (tertiary/aromatic N) is 2. The van der Waals surface area contributed by atoms with E-state index in [1.807, 2.05) is 0 Å². The lowest BCUT2D eigenvalue weighted by molar-refractivity contribution is 0.768. The predicted octanol–water partition coefficient (Wildman–Crippen LogP) is 18.5. The summed E-state index contributed by atoms with van der Waals surface area (Å²) in [6, 6.07) is 108. The van der Waals surface area contributed by atoms with Crippen LogP contribution in [0.2, 0.25) is 0 Å². The molecule has 0 N–H and O–H groups in total. The highest BCUT2D eigenvalue weighted by molar-refractivity contribution is 6.11. The van der Waals surface area contributed by atoms with Crippen molar-refractivity contribution in [1.29, 1.82) is 0 Å². The molecule has 0 saturated carbocycles. The molecule has 2 heteroatoms. The van der Waals surface area contributed by atoms with Gasteiger partial charge in [0.25, 0.3) is 0 Å². The van der Waals surface area contributed by atoms with Crippen LogP contribution in [-0.4, -0.2) is 0 Å². The lowest BCUT2D eigenvalue weighted by atomic mass is 9.67. The molecule has 0 aliphatic heterocycles. The summed E-state index contributed by atoms with van der Waals surface area (Å²) < 4.78 is 0. The Kier molecular flexibility index (Phi) is 9.43. The average molecular weight is 941 g/mol. The van der Waals surface area contributed by atoms with E-state index in [1.165, 1.54) is 94.3 Å². The first kappa shape index (κ1) is 42.2. The summed E-state index contributed by atoms with van der Waals surface area (Å²) in [5.41, 5.74) is 23.3. The fraction of sp³-hybridized carbons (Fsp3) is 0.0278. The Labute approximate surface area is 432 Å². The highest BCUT2D eigenvalue weighted by Crippen LogP contribution is 2.67. The Bertz CT molecular complexity index is 4050. The second-order valence-corrected chi connectivity index (χ2v) is 19.8. The predicted molar refractivity (Wildman–Crippen MR) is 307 cm³/mol. The normalized spacial score (nSPS) is 14.9. The minimum absolute atomic E-state index is 0.606. The van der Waals surface area contributed by atoms with E-state index in [0.717, 1.165) is 28.4 Å². The van der Waals surface area contributed by atoms with E-state index in [-0.39, 0.29) is 0 Å². The van der Waals surface area contributed by atoms with Crippen LogP contribution in [0, 0.1) is 0 Å². The van der Waals surface area contributed by atoms with Crippen molar-refractivity contribution in [3.63, 3.8) is 0 Å². The number of hydrogen-bond donors (Lipinski definition) is 0. The number of fused-ring (bicyclic) bond motifs is 15. The van der Waals surface area contributed by atoms with E-state index in [2.05, 4.69) is 301 Å². The molecule has 0 amide bonds. The van der Waals surface area contributed by atoms with Gasteiger partial charge in [0.15, 0.2) is 0 Å². The lowest BCUT2D eigenvalue weighted by Crippen LogP contribution is -2.30. The standard InChI is InChI=1S/C72H48N2/c1-6-26-50(27-7-1)71(51-28-8-2-9-29-51)62-41-21-18-37-57(62)59-40-24-44-66(69(59)71)74(54-34-14-5-15-35-54)55-45-46-65-61(48-55)58-38-19-22-42-63(58)72(65)64-43-23-20-39-60(64)68-56-36-17-16-25-49(56)47-67(70(68)72)73(52-30-10-3-11-31-52)53-32-12-4-13-33-53/h1-48H. The van der Waals surface area contributed by atoms with Crippen molar-refractivity contribution in [2.75, 3.05) is 9.80 Å². The first-order chi connectivity index (χ1) is 36.8. The minimum atomic E-state index is -0.652. The lowest BCUT2D eigenvalue weighted by Gasteiger charge is -2.38. The fourth-order valence-electron chi connectivity index (χ4n) is 13.6. The van der Waals surface area contributed by atoms with Crippen molar-refractivity contribution in [2.45, 2.75) is 10.8 Å². The van der Waals surface area contributed by atoms with Crippen LogP contribution in [0.1, 0.15) is 44.5 Å². The van der Waals surface area contributed by atoms with Gasteiger partial charge in [-0.2, -0.15) is 0 Å². The molecule has 3 aliphatic rings. The van der Waals surface area contributed by atoms with Crippen LogP contribution < -0.4 is 9.80 Å². The Morgan fingerprint density at radius 3 is 1.27 bits per heavy atom. The molecule has 12 aromatic carbocycles. The monoisotopic (exact) mass is 940 g/mol. The van der Waals surface area contributed by atoms with Crippen molar-refractivity contribution in [1.82, 2.24) is 0 Å². The molecule has 3 aliphatic carbocycles. The molecule has 1 atom stereocenters. The molecule has 0 saturated heterocycles. The van der Waals surface area contributed by atoms with Crippen LogP contribution >= 0.6 is 0 Å². The van der Waals surface area contributed by atoms with Gasteiger partial charge in [0.2, 0.25) is 0 Å². The molecular weight excluding hydrogens is 893 g/mol. The van der Waals surface area contributed by atoms with Crippen LogP contribution in [0.25, 0.3) is 44.2 Å². The maximum absolute atomic E-state index is 2.53. The van der Waals surface area contributed by atoms with E-state index in [9.17, 15) is 0 Å².